The second kappa shape index (κ2) is 4.94. The molecule has 0 saturated carbocycles. The number of fused-ring (bicyclic) bond motifs is 1. The lowest BCUT2D eigenvalue weighted by Crippen LogP contribution is -2.11. The van der Waals surface area contributed by atoms with Crippen LogP contribution in [0.5, 0.6) is 0 Å². The second-order valence-corrected chi connectivity index (χ2v) is 4.62. The number of rotatable bonds is 1. The third kappa shape index (κ3) is 2.45. The van der Waals surface area contributed by atoms with Crippen LogP contribution < -0.4 is 5.56 Å². The fourth-order valence-electron chi connectivity index (χ4n) is 2.12. The van der Waals surface area contributed by atoms with Crippen molar-refractivity contribution in [3.05, 3.63) is 64.2 Å². The Hall–Kier alpha value is -2.70. The molecule has 3 rings (SSSR count). The summed E-state index contributed by atoms with van der Waals surface area (Å²) in [5.41, 5.74) is -1.37. The van der Waals surface area contributed by atoms with E-state index < -0.39 is 23.1 Å². The predicted molar refractivity (Wildman–Crippen MR) is 72.8 cm³/mol. The van der Waals surface area contributed by atoms with Crippen LogP contribution >= 0.6 is 0 Å². The van der Waals surface area contributed by atoms with E-state index in [0.717, 1.165) is 6.07 Å². The van der Waals surface area contributed by atoms with Crippen molar-refractivity contribution in [3.63, 3.8) is 0 Å². The summed E-state index contributed by atoms with van der Waals surface area (Å²) in [4.78, 5) is 18.5. The van der Waals surface area contributed by atoms with Crippen LogP contribution in [0.4, 0.5) is 17.6 Å². The Morgan fingerprint density at radius 3 is 2.45 bits per heavy atom. The molecule has 0 aliphatic rings. The summed E-state index contributed by atoms with van der Waals surface area (Å²) in [5, 5.41) is 0.346. The van der Waals surface area contributed by atoms with E-state index in [1.165, 1.54) is 0 Å². The summed E-state index contributed by atoms with van der Waals surface area (Å²) in [6.45, 7) is 0. The number of aromatic nitrogens is 2. The number of hydrogen-bond donors (Lipinski definition) is 1. The molecule has 0 atom stereocenters. The smallest absolute Gasteiger partial charge is 0.306 e. The fraction of sp³-hybridized carbons (Fsp3) is 0.0667. The summed E-state index contributed by atoms with van der Waals surface area (Å²) in [6.07, 6.45) is -4.77. The molecular formula is C15H8F4N2O. The van der Waals surface area contributed by atoms with Crippen LogP contribution in [0, 0.1) is 5.82 Å². The van der Waals surface area contributed by atoms with E-state index in [2.05, 4.69) is 9.97 Å². The van der Waals surface area contributed by atoms with Crippen LogP contribution in [-0.4, -0.2) is 9.97 Å². The molecule has 7 heteroatoms. The van der Waals surface area contributed by atoms with Gasteiger partial charge in [0.15, 0.2) is 0 Å². The van der Waals surface area contributed by atoms with Gasteiger partial charge in [-0.05, 0) is 24.3 Å². The van der Waals surface area contributed by atoms with Gasteiger partial charge in [-0.3, -0.25) is 4.79 Å². The minimum absolute atomic E-state index is 0.0105. The first-order valence-corrected chi connectivity index (χ1v) is 6.22. The molecule has 22 heavy (non-hydrogen) atoms. The van der Waals surface area contributed by atoms with Gasteiger partial charge >= 0.3 is 6.18 Å². The number of aromatic amines is 1. The molecule has 2 aromatic carbocycles. The van der Waals surface area contributed by atoms with Crippen molar-refractivity contribution in [3.8, 4) is 11.4 Å². The van der Waals surface area contributed by atoms with Crippen LogP contribution in [0.25, 0.3) is 22.3 Å². The van der Waals surface area contributed by atoms with Crippen molar-refractivity contribution in [2.24, 2.45) is 0 Å². The van der Waals surface area contributed by atoms with E-state index in [4.69, 9.17) is 0 Å². The van der Waals surface area contributed by atoms with E-state index >= 15 is 0 Å². The average molecular weight is 308 g/mol. The first-order valence-electron chi connectivity index (χ1n) is 6.22. The Morgan fingerprint density at radius 2 is 1.77 bits per heavy atom. The van der Waals surface area contributed by atoms with Crippen LogP contribution in [0.3, 0.4) is 0 Å². The molecule has 1 heterocycles. The lowest BCUT2D eigenvalue weighted by Gasteiger charge is -2.09. The molecule has 0 aliphatic carbocycles. The molecule has 3 nitrogen and oxygen atoms in total. The molecular weight excluding hydrogens is 300 g/mol. The van der Waals surface area contributed by atoms with Crippen molar-refractivity contribution >= 4 is 10.9 Å². The van der Waals surface area contributed by atoms with Crippen LogP contribution in [-0.2, 0) is 6.18 Å². The van der Waals surface area contributed by atoms with Gasteiger partial charge < -0.3 is 4.98 Å². The summed E-state index contributed by atoms with van der Waals surface area (Å²) >= 11 is 0. The fourth-order valence-corrected chi connectivity index (χ4v) is 2.12. The molecule has 0 aliphatic heterocycles. The highest BCUT2D eigenvalue weighted by atomic mass is 19.4. The number of benzene rings is 2. The molecule has 3 aromatic rings. The van der Waals surface area contributed by atoms with Gasteiger partial charge in [-0.2, -0.15) is 13.2 Å². The van der Waals surface area contributed by atoms with Gasteiger partial charge in [0.1, 0.15) is 11.6 Å². The van der Waals surface area contributed by atoms with Crippen molar-refractivity contribution in [2.75, 3.05) is 0 Å². The SMILES string of the molecule is O=c1[nH]c(-c2ccc(C(F)(F)F)c(F)c2)nc2ccccc12. The molecule has 0 fully saturated rings. The molecule has 112 valence electrons. The summed E-state index contributed by atoms with van der Waals surface area (Å²) in [5.74, 6) is -1.41. The normalized spacial score (nSPS) is 11.8. The molecule has 0 saturated heterocycles. The summed E-state index contributed by atoms with van der Waals surface area (Å²) < 4.78 is 51.2. The third-order valence-electron chi connectivity index (χ3n) is 3.16. The van der Waals surface area contributed by atoms with E-state index in [0.29, 0.717) is 23.0 Å². The Kier molecular flexibility index (Phi) is 3.20. The first-order chi connectivity index (χ1) is 10.4. The lowest BCUT2D eigenvalue weighted by atomic mass is 10.1. The minimum atomic E-state index is -4.77. The highest BCUT2D eigenvalue weighted by Gasteiger charge is 2.34. The molecule has 1 aromatic heterocycles. The number of nitrogens with zero attached hydrogens (tertiary/aromatic N) is 1. The maximum absolute atomic E-state index is 13.6. The van der Waals surface area contributed by atoms with Gasteiger partial charge in [0.05, 0.1) is 16.5 Å². The number of alkyl halides is 3. The Labute approximate surface area is 121 Å². The van der Waals surface area contributed by atoms with Gasteiger partial charge in [-0.15, -0.1) is 0 Å². The highest BCUT2D eigenvalue weighted by molar-refractivity contribution is 5.79. The summed E-state index contributed by atoms with van der Waals surface area (Å²) in [7, 11) is 0. The molecule has 0 bridgehead atoms. The van der Waals surface area contributed by atoms with E-state index in [1.54, 1.807) is 24.3 Å². The van der Waals surface area contributed by atoms with Crippen molar-refractivity contribution in [1.29, 1.82) is 0 Å². The number of hydrogen-bond acceptors (Lipinski definition) is 2. The van der Waals surface area contributed by atoms with Crippen molar-refractivity contribution in [2.45, 2.75) is 6.18 Å². The predicted octanol–water partition coefficient (Wildman–Crippen LogP) is 3.75. The molecule has 0 radical (unpaired) electrons. The zero-order valence-electron chi connectivity index (χ0n) is 10.9. The van der Waals surface area contributed by atoms with Gasteiger partial charge in [-0.1, -0.05) is 18.2 Å². The first kappa shape index (κ1) is 14.2. The topological polar surface area (TPSA) is 45.8 Å². The maximum Gasteiger partial charge on any atom is 0.419 e. The number of nitrogens with one attached hydrogen (secondary N) is 1. The third-order valence-corrected chi connectivity index (χ3v) is 3.16. The second-order valence-electron chi connectivity index (χ2n) is 4.62. The molecule has 0 spiro atoms. The largest absolute Gasteiger partial charge is 0.419 e. The van der Waals surface area contributed by atoms with E-state index in [-0.39, 0.29) is 11.4 Å². The number of H-pyrrole nitrogens is 1. The average Bonchev–Trinajstić information content (AvgIpc) is 2.46. The zero-order valence-corrected chi connectivity index (χ0v) is 10.9. The number of halogens is 4. The van der Waals surface area contributed by atoms with Crippen LogP contribution in [0.1, 0.15) is 5.56 Å². The van der Waals surface area contributed by atoms with Crippen LogP contribution in [0.15, 0.2) is 47.3 Å². The quantitative estimate of drug-likeness (QED) is 0.696. The maximum atomic E-state index is 13.6. The highest BCUT2D eigenvalue weighted by Crippen LogP contribution is 2.32. The van der Waals surface area contributed by atoms with Gasteiger partial charge in [0, 0.05) is 5.56 Å². The van der Waals surface area contributed by atoms with Gasteiger partial charge in [0.25, 0.3) is 5.56 Å². The number of para-hydroxylation sites is 1. The monoisotopic (exact) mass is 308 g/mol. The Morgan fingerprint density at radius 1 is 1.05 bits per heavy atom. The van der Waals surface area contributed by atoms with Gasteiger partial charge in [0.2, 0.25) is 0 Å². The standard InChI is InChI=1S/C15H8F4N2O/c16-11-7-8(5-6-10(11)15(17,18)19)13-20-12-4-2-1-3-9(12)14(22)21-13/h1-7H,(H,20,21,22). The zero-order chi connectivity index (χ0) is 15.9. The van der Waals surface area contributed by atoms with E-state index in [1.807, 2.05) is 0 Å². The lowest BCUT2D eigenvalue weighted by molar-refractivity contribution is -0.139. The Balaban J connectivity index is 2.16. The van der Waals surface area contributed by atoms with Crippen LogP contribution in [0.2, 0.25) is 0 Å². The van der Waals surface area contributed by atoms with Crippen molar-refractivity contribution < 1.29 is 17.6 Å². The molecule has 0 unspecified atom stereocenters. The van der Waals surface area contributed by atoms with Gasteiger partial charge in [-0.25, -0.2) is 9.37 Å². The van der Waals surface area contributed by atoms with Crippen molar-refractivity contribution in [1.82, 2.24) is 9.97 Å². The van der Waals surface area contributed by atoms with E-state index in [9.17, 15) is 22.4 Å². The molecule has 1 N–H and O–H groups in total. The summed E-state index contributed by atoms with van der Waals surface area (Å²) in [6, 6.07) is 8.89. The molecule has 0 amide bonds. The Bertz CT molecular complexity index is 915. The minimum Gasteiger partial charge on any atom is -0.306 e.